The van der Waals surface area contributed by atoms with Crippen molar-refractivity contribution in [3.8, 4) is 28.5 Å². The highest BCUT2D eigenvalue weighted by Crippen LogP contribution is 2.34. The van der Waals surface area contributed by atoms with Crippen molar-refractivity contribution in [2.75, 3.05) is 0 Å². The van der Waals surface area contributed by atoms with Gasteiger partial charge in [0.2, 0.25) is 0 Å². The van der Waals surface area contributed by atoms with E-state index in [-0.39, 0.29) is 0 Å². The molecular weight excluding hydrogens is 342 g/mol. The lowest BCUT2D eigenvalue weighted by molar-refractivity contribution is 1.03. The molecule has 0 spiro atoms. The van der Waals surface area contributed by atoms with E-state index in [9.17, 15) is 0 Å². The molecule has 3 aromatic carbocycles. The number of para-hydroxylation sites is 1. The molecule has 4 rings (SSSR count). The van der Waals surface area contributed by atoms with Crippen molar-refractivity contribution in [3.63, 3.8) is 0 Å². The summed E-state index contributed by atoms with van der Waals surface area (Å²) in [5, 5.41) is 9.29. The molecule has 0 fully saturated rings. The second kappa shape index (κ2) is 7.08. The van der Waals surface area contributed by atoms with E-state index in [4.69, 9.17) is 0 Å². The first-order valence-corrected chi connectivity index (χ1v) is 9.63. The van der Waals surface area contributed by atoms with Gasteiger partial charge in [0, 0.05) is 11.1 Å². The number of benzene rings is 3. The maximum absolute atomic E-state index is 4.67. The highest BCUT2D eigenvalue weighted by Gasteiger charge is 2.21. The lowest BCUT2D eigenvalue weighted by Crippen LogP contribution is -2.06. The summed E-state index contributed by atoms with van der Waals surface area (Å²) in [6, 6.07) is 21.0. The van der Waals surface area contributed by atoms with Crippen LogP contribution in [0.15, 0.2) is 60.7 Å². The van der Waals surface area contributed by atoms with Gasteiger partial charge in [-0.25, -0.2) is 0 Å². The van der Waals surface area contributed by atoms with Crippen LogP contribution in [0.4, 0.5) is 0 Å². The van der Waals surface area contributed by atoms with Crippen LogP contribution in [0.2, 0.25) is 0 Å². The van der Waals surface area contributed by atoms with E-state index < -0.39 is 0 Å². The minimum absolute atomic E-state index is 0.866. The van der Waals surface area contributed by atoms with Gasteiger partial charge in [-0.3, -0.25) is 4.57 Å². The van der Waals surface area contributed by atoms with Gasteiger partial charge >= 0.3 is 0 Å². The Labute approximate surface area is 166 Å². The van der Waals surface area contributed by atoms with Crippen LogP contribution in [0.25, 0.3) is 28.5 Å². The standard InChI is InChI=1S/C25H25N3/c1-16-14-15-22(20(5)19(16)4)25-27-26-24(21-12-7-6-8-13-21)28(25)23-17(2)10-9-11-18(23)3/h6-15H,1-5H3. The Hall–Kier alpha value is -3.20. The van der Waals surface area contributed by atoms with E-state index in [0.717, 1.165) is 28.5 Å². The fraction of sp³-hybridized carbons (Fsp3) is 0.200. The van der Waals surface area contributed by atoms with Crippen LogP contribution >= 0.6 is 0 Å². The molecule has 3 nitrogen and oxygen atoms in total. The molecule has 1 aromatic heterocycles. The third-order valence-electron chi connectivity index (χ3n) is 5.66. The zero-order valence-corrected chi connectivity index (χ0v) is 17.1. The maximum Gasteiger partial charge on any atom is 0.169 e. The van der Waals surface area contributed by atoms with Crippen molar-refractivity contribution < 1.29 is 0 Å². The largest absolute Gasteiger partial charge is 0.274 e. The molecule has 0 atom stereocenters. The molecule has 28 heavy (non-hydrogen) atoms. The number of nitrogens with zero attached hydrogens (tertiary/aromatic N) is 3. The van der Waals surface area contributed by atoms with Gasteiger partial charge in [-0.1, -0.05) is 60.7 Å². The molecule has 0 aliphatic heterocycles. The van der Waals surface area contributed by atoms with Crippen LogP contribution in [0.1, 0.15) is 27.8 Å². The van der Waals surface area contributed by atoms with Crippen molar-refractivity contribution in [1.29, 1.82) is 0 Å². The van der Waals surface area contributed by atoms with Crippen LogP contribution in [0, 0.1) is 34.6 Å². The van der Waals surface area contributed by atoms with Crippen LogP contribution in [0.5, 0.6) is 0 Å². The predicted octanol–water partition coefficient (Wildman–Crippen LogP) is 6.14. The minimum atomic E-state index is 0.866. The van der Waals surface area contributed by atoms with Crippen molar-refractivity contribution in [3.05, 3.63) is 88.5 Å². The van der Waals surface area contributed by atoms with Gasteiger partial charge in [0.15, 0.2) is 11.6 Å². The predicted molar refractivity (Wildman–Crippen MR) is 116 cm³/mol. The normalized spacial score (nSPS) is 11.0. The van der Waals surface area contributed by atoms with E-state index >= 15 is 0 Å². The smallest absolute Gasteiger partial charge is 0.169 e. The highest BCUT2D eigenvalue weighted by molar-refractivity contribution is 5.71. The Kier molecular flexibility index (Phi) is 4.60. The van der Waals surface area contributed by atoms with Gasteiger partial charge in [0.25, 0.3) is 0 Å². The van der Waals surface area contributed by atoms with Crippen molar-refractivity contribution in [2.24, 2.45) is 0 Å². The first-order valence-electron chi connectivity index (χ1n) is 9.63. The van der Waals surface area contributed by atoms with Crippen molar-refractivity contribution in [2.45, 2.75) is 34.6 Å². The SMILES string of the molecule is Cc1ccc(-c2nnc(-c3ccccc3)n2-c2c(C)cccc2C)c(C)c1C. The molecule has 0 unspecified atom stereocenters. The number of rotatable bonds is 3. The van der Waals surface area contributed by atoms with E-state index in [2.05, 4.69) is 91.8 Å². The molecule has 0 saturated heterocycles. The lowest BCUT2D eigenvalue weighted by Gasteiger charge is -2.17. The molecule has 4 aromatic rings. The lowest BCUT2D eigenvalue weighted by atomic mass is 9.98. The molecule has 0 bridgehead atoms. The van der Waals surface area contributed by atoms with Gasteiger partial charge in [0.05, 0.1) is 5.69 Å². The third-order valence-corrected chi connectivity index (χ3v) is 5.66. The first-order chi connectivity index (χ1) is 13.5. The van der Waals surface area contributed by atoms with Crippen molar-refractivity contribution >= 4 is 0 Å². The van der Waals surface area contributed by atoms with Gasteiger partial charge < -0.3 is 0 Å². The van der Waals surface area contributed by atoms with E-state index in [0.29, 0.717) is 0 Å². The highest BCUT2D eigenvalue weighted by atomic mass is 15.3. The third kappa shape index (κ3) is 2.93. The Morgan fingerprint density at radius 2 is 1.21 bits per heavy atom. The number of aromatic nitrogens is 3. The van der Waals surface area contributed by atoms with Crippen LogP contribution in [-0.2, 0) is 0 Å². The van der Waals surface area contributed by atoms with Crippen LogP contribution in [-0.4, -0.2) is 14.8 Å². The average molecular weight is 367 g/mol. The number of aryl methyl sites for hydroxylation is 3. The summed E-state index contributed by atoms with van der Waals surface area (Å²) in [6.07, 6.45) is 0. The molecule has 0 N–H and O–H groups in total. The fourth-order valence-corrected chi connectivity index (χ4v) is 3.80. The molecule has 1 heterocycles. The van der Waals surface area contributed by atoms with Crippen molar-refractivity contribution in [1.82, 2.24) is 14.8 Å². The second-order valence-electron chi connectivity index (χ2n) is 7.47. The summed E-state index contributed by atoms with van der Waals surface area (Å²) in [4.78, 5) is 0. The molecule has 0 aliphatic carbocycles. The monoisotopic (exact) mass is 367 g/mol. The zero-order chi connectivity index (χ0) is 19.8. The fourth-order valence-electron chi connectivity index (χ4n) is 3.80. The Morgan fingerprint density at radius 1 is 0.571 bits per heavy atom. The zero-order valence-electron chi connectivity index (χ0n) is 17.1. The van der Waals surface area contributed by atoms with E-state index in [1.807, 2.05) is 18.2 Å². The molecule has 140 valence electrons. The maximum atomic E-state index is 4.67. The second-order valence-corrected chi connectivity index (χ2v) is 7.47. The molecular formula is C25H25N3. The van der Waals surface area contributed by atoms with Gasteiger partial charge in [-0.05, 0) is 62.4 Å². The van der Waals surface area contributed by atoms with Gasteiger partial charge in [-0.2, -0.15) is 0 Å². The summed E-state index contributed by atoms with van der Waals surface area (Å²) >= 11 is 0. The summed E-state index contributed by atoms with van der Waals surface area (Å²) in [7, 11) is 0. The van der Waals surface area contributed by atoms with Gasteiger partial charge in [0.1, 0.15) is 0 Å². The van der Waals surface area contributed by atoms with E-state index in [1.54, 1.807) is 0 Å². The molecule has 0 amide bonds. The molecule has 0 aliphatic rings. The van der Waals surface area contributed by atoms with Crippen LogP contribution in [0.3, 0.4) is 0 Å². The van der Waals surface area contributed by atoms with E-state index in [1.165, 1.54) is 27.8 Å². The number of hydrogen-bond donors (Lipinski definition) is 0. The minimum Gasteiger partial charge on any atom is -0.274 e. The summed E-state index contributed by atoms with van der Waals surface area (Å²) in [5.41, 5.74) is 9.60. The first kappa shape index (κ1) is 18.2. The Balaban J connectivity index is 2.07. The average Bonchev–Trinajstić information content (AvgIpc) is 3.11. The molecule has 0 saturated carbocycles. The number of hydrogen-bond acceptors (Lipinski definition) is 2. The quantitative estimate of drug-likeness (QED) is 0.435. The molecule has 0 radical (unpaired) electrons. The Bertz CT molecular complexity index is 1130. The Morgan fingerprint density at radius 3 is 1.89 bits per heavy atom. The van der Waals surface area contributed by atoms with Gasteiger partial charge in [-0.15, -0.1) is 10.2 Å². The summed E-state index contributed by atoms with van der Waals surface area (Å²) in [6.45, 7) is 10.8. The molecule has 3 heteroatoms. The summed E-state index contributed by atoms with van der Waals surface area (Å²) in [5.74, 6) is 1.75. The van der Waals surface area contributed by atoms with Crippen LogP contribution < -0.4 is 0 Å². The summed E-state index contributed by atoms with van der Waals surface area (Å²) < 4.78 is 2.22. The topological polar surface area (TPSA) is 30.7 Å².